The lowest BCUT2D eigenvalue weighted by Crippen LogP contribution is -2.06. The number of anilines is 1. The largest absolute Gasteiger partial charge is 0.323 e. The number of halogens is 1. The minimum atomic E-state index is 0.840. The predicted molar refractivity (Wildman–Crippen MR) is 49.2 cm³/mol. The molecule has 0 fully saturated rings. The van der Waals surface area contributed by atoms with Gasteiger partial charge in [0.1, 0.15) is 0 Å². The quantitative estimate of drug-likeness (QED) is 0.384. The van der Waals surface area contributed by atoms with Crippen molar-refractivity contribution < 1.29 is 0 Å². The maximum Gasteiger partial charge on any atom is 0.0638 e. The number of hydrogen-bond donors (Lipinski definition) is 3. The van der Waals surface area contributed by atoms with Gasteiger partial charge in [-0.05, 0) is 34.1 Å². The molecule has 0 radical (unpaired) electrons. The summed E-state index contributed by atoms with van der Waals surface area (Å²) in [4.78, 5) is 0.885. The van der Waals surface area contributed by atoms with E-state index < -0.39 is 0 Å². The molecule has 4 heteroatoms. The van der Waals surface area contributed by atoms with E-state index in [4.69, 9.17) is 5.84 Å². The van der Waals surface area contributed by atoms with Crippen molar-refractivity contribution in [1.29, 1.82) is 0 Å². The fourth-order valence-corrected chi connectivity index (χ4v) is 1.19. The molecule has 0 atom stereocenters. The van der Waals surface area contributed by atoms with Gasteiger partial charge < -0.3 is 5.43 Å². The average Bonchev–Trinajstić information content (AvgIpc) is 1.94. The van der Waals surface area contributed by atoms with E-state index >= 15 is 0 Å². The summed E-state index contributed by atoms with van der Waals surface area (Å²) in [5.41, 5.74) is 3.38. The maximum absolute atomic E-state index is 5.21. The van der Waals surface area contributed by atoms with Gasteiger partial charge in [-0.1, -0.05) is 0 Å². The van der Waals surface area contributed by atoms with Gasteiger partial charge in [-0.25, -0.2) is 0 Å². The smallest absolute Gasteiger partial charge is 0.0638 e. The predicted octanol–water partition coefficient (Wildman–Crippen LogP) is 2.02. The average molecular weight is 219 g/mol. The highest BCUT2D eigenvalue weighted by Gasteiger charge is 1.95. The Balaban J connectivity index is 3.09. The molecular weight excluding hydrogens is 212 g/mol. The van der Waals surface area contributed by atoms with Gasteiger partial charge in [0.15, 0.2) is 0 Å². The molecule has 10 heavy (non-hydrogen) atoms. The molecule has 0 aromatic heterocycles. The van der Waals surface area contributed by atoms with E-state index in [1.165, 1.54) is 0 Å². The van der Waals surface area contributed by atoms with Crippen LogP contribution in [-0.2, 0) is 0 Å². The first-order chi connectivity index (χ1) is 4.74. The van der Waals surface area contributed by atoms with Gasteiger partial charge in [0.05, 0.1) is 5.69 Å². The lowest BCUT2D eigenvalue weighted by atomic mass is 10.3. The minimum absolute atomic E-state index is 0.840. The number of nitrogens with two attached hydrogens (primary N) is 1. The third kappa shape index (κ3) is 1.65. The molecule has 54 valence electrons. The van der Waals surface area contributed by atoms with Crippen molar-refractivity contribution in [3.8, 4) is 0 Å². The standard InChI is InChI=1S/C6H7BrN2S/c7-5-2-1-4(10)3-6(5)9-8/h1-3,9-10H,8H2. The summed E-state index contributed by atoms with van der Waals surface area (Å²) < 4.78 is 0.938. The Kier molecular flexibility index (Phi) is 2.59. The second kappa shape index (κ2) is 3.27. The third-order valence-electron chi connectivity index (χ3n) is 1.11. The molecule has 0 saturated carbocycles. The number of rotatable bonds is 1. The zero-order chi connectivity index (χ0) is 7.56. The third-order valence-corrected chi connectivity index (χ3v) is 2.08. The highest BCUT2D eigenvalue weighted by molar-refractivity contribution is 9.10. The van der Waals surface area contributed by atoms with Crippen LogP contribution in [0, 0.1) is 0 Å². The Morgan fingerprint density at radius 2 is 2.20 bits per heavy atom. The van der Waals surface area contributed by atoms with Crippen LogP contribution in [0.4, 0.5) is 5.69 Å². The van der Waals surface area contributed by atoms with Crippen molar-refractivity contribution >= 4 is 34.2 Å². The van der Waals surface area contributed by atoms with Crippen molar-refractivity contribution in [2.24, 2.45) is 5.84 Å². The number of nitrogen functional groups attached to an aromatic ring is 1. The molecule has 1 rings (SSSR count). The van der Waals surface area contributed by atoms with Crippen LogP contribution in [0.25, 0.3) is 0 Å². The number of thiol groups is 1. The highest BCUT2D eigenvalue weighted by Crippen LogP contribution is 2.23. The van der Waals surface area contributed by atoms with Crippen molar-refractivity contribution in [3.05, 3.63) is 22.7 Å². The first kappa shape index (κ1) is 7.91. The molecule has 2 nitrogen and oxygen atoms in total. The van der Waals surface area contributed by atoms with E-state index in [9.17, 15) is 0 Å². The first-order valence-electron chi connectivity index (χ1n) is 2.69. The Hall–Kier alpha value is -0.190. The molecule has 0 amide bonds. The Bertz CT molecular complexity index is 239. The summed E-state index contributed by atoms with van der Waals surface area (Å²) in [5.74, 6) is 5.21. The van der Waals surface area contributed by atoms with Gasteiger partial charge in [-0.15, -0.1) is 12.6 Å². The molecule has 0 aliphatic rings. The van der Waals surface area contributed by atoms with Crippen LogP contribution in [0.5, 0.6) is 0 Å². The molecular formula is C6H7BrN2S. The summed E-state index contributed by atoms with van der Waals surface area (Å²) in [6, 6.07) is 5.61. The topological polar surface area (TPSA) is 38.0 Å². The van der Waals surface area contributed by atoms with Crippen LogP contribution in [-0.4, -0.2) is 0 Å². The fourth-order valence-electron chi connectivity index (χ4n) is 0.624. The molecule has 0 aliphatic heterocycles. The van der Waals surface area contributed by atoms with Crippen LogP contribution in [0.1, 0.15) is 0 Å². The van der Waals surface area contributed by atoms with Gasteiger partial charge >= 0.3 is 0 Å². The maximum atomic E-state index is 5.21. The zero-order valence-corrected chi connectivity index (χ0v) is 7.62. The van der Waals surface area contributed by atoms with Crippen LogP contribution in [0.2, 0.25) is 0 Å². The summed E-state index contributed by atoms with van der Waals surface area (Å²) in [6.45, 7) is 0. The number of hydrogen-bond acceptors (Lipinski definition) is 3. The molecule has 3 N–H and O–H groups in total. The number of benzene rings is 1. The second-order valence-corrected chi connectivity index (χ2v) is 3.18. The van der Waals surface area contributed by atoms with Crippen LogP contribution in [0.15, 0.2) is 27.6 Å². The minimum Gasteiger partial charge on any atom is -0.323 e. The number of hydrazine groups is 1. The molecule has 0 heterocycles. The van der Waals surface area contributed by atoms with Gasteiger partial charge in [0, 0.05) is 9.37 Å². The van der Waals surface area contributed by atoms with E-state index in [2.05, 4.69) is 34.0 Å². The van der Waals surface area contributed by atoms with Crippen LogP contribution < -0.4 is 11.3 Å². The highest BCUT2D eigenvalue weighted by atomic mass is 79.9. The molecule has 0 saturated heterocycles. The van der Waals surface area contributed by atoms with Gasteiger partial charge in [0.2, 0.25) is 0 Å². The lowest BCUT2D eigenvalue weighted by Gasteiger charge is -2.02. The molecule has 1 aromatic carbocycles. The van der Waals surface area contributed by atoms with E-state index in [0.29, 0.717) is 0 Å². The summed E-state index contributed by atoms with van der Waals surface area (Å²) in [6.07, 6.45) is 0. The molecule has 0 unspecified atom stereocenters. The Morgan fingerprint density at radius 3 is 2.70 bits per heavy atom. The fraction of sp³-hybridized carbons (Fsp3) is 0. The van der Waals surface area contributed by atoms with E-state index in [0.717, 1.165) is 15.1 Å². The zero-order valence-electron chi connectivity index (χ0n) is 5.13. The van der Waals surface area contributed by atoms with Gasteiger partial charge in [-0.2, -0.15) is 0 Å². The molecule has 0 aliphatic carbocycles. The van der Waals surface area contributed by atoms with E-state index in [-0.39, 0.29) is 0 Å². The molecule has 0 spiro atoms. The SMILES string of the molecule is NNc1cc(S)ccc1Br. The van der Waals surface area contributed by atoms with Gasteiger partial charge in [0.25, 0.3) is 0 Å². The van der Waals surface area contributed by atoms with Crippen molar-refractivity contribution in [1.82, 2.24) is 0 Å². The van der Waals surface area contributed by atoms with Crippen molar-refractivity contribution in [2.75, 3.05) is 5.43 Å². The normalized spacial score (nSPS) is 9.50. The Labute approximate surface area is 73.3 Å². The molecule has 1 aromatic rings. The van der Waals surface area contributed by atoms with Crippen molar-refractivity contribution in [2.45, 2.75) is 4.90 Å². The second-order valence-electron chi connectivity index (χ2n) is 1.81. The summed E-state index contributed by atoms with van der Waals surface area (Å²) >= 11 is 7.45. The number of nitrogens with one attached hydrogen (secondary N) is 1. The van der Waals surface area contributed by atoms with E-state index in [1.807, 2.05) is 18.2 Å². The lowest BCUT2D eigenvalue weighted by molar-refractivity contribution is 1.31. The van der Waals surface area contributed by atoms with Crippen LogP contribution in [0.3, 0.4) is 0 Å². The van der Waals surface area contributed by atoms with Crippen molar-refractivity contribution in [3.63, 3.8) is 0 Å². The van der Waals surface area contributed by atoms with Gasteiger partial charge in [-0.3, -0.25) is 5.84 Å². The monoisotopic (exact) mass is 218 g/mol. The van der Waals surface area contributed by atoms with E-state index in [1.54, 1.807) is 0 Å². The Morgan fingerprint density at radius 1 is 1.50 bits per heavy atom. The molecule has 0 bridgehead atoms. The first-order valence-corrected chi connectivity index (χ1v) is 3.93. The van der Waals surface area contributed by atoms with Crippen LogP contribution >= 0.6 is 28.6 Å². The summed E-state index contributed by atoms with van der Waals surface area (Å²) in [5, 5.41) is 0. The summed E-state index contributed by atoms with van der Waals surface area (Å²) in [7, 11) is 0.